The first kappa shape index (κ1) is 14.4. The maximum atomic E-state index is 12.1. The Hall–Kier alpha value is -1.06. The number of ether oxygens (including phenoxy) is 1. The summed E-state index contributed by atoms with van der Waals surface area (Å²) in [5, 5.41) is 0. The maximum absolute atomic E-state index is 12.1. The van der Waals surface area contributed by atoms with Gasteiger partial charge in [0.2, 0.25) is 5.91 Å². The van der Waals surface area contributed by atoms with Crippen LogP contribution in [-0.2, 0) is 14.3 Å². The van der Waals surface area contributed by atoms with Crippen LogP contribution in [0.4, 0.5) is 0 Å². The van der Waals surface area contributed by atoms with E-state index < -0.39 is 0 Å². The van der Waals surface area contributed by atoms with E-state index in [-0.39, 0.29) is 18.3 Å². The number of nitrogens with zero attached hydrogens (tertiary/aromatic N) is 1. The molecule has 0 aromatic carbocycles. The van der Waals surface area contributed by atoms with Gasteiger partial charge in [0.25, 0.3) is 0 Å². The van der Waals surface area contributed by atoms with Gasteiger partial charge in [0.15, 0.2) is 0 Å². The van der Waals surface area contributed by atoms with E-state index in [1.807, 2.05) is 4.90 Å². The molecule has 0 spiro atoms. The topological polar surface area (TPSA) is 46.6 Å². The number of rotatable bonds is 4. The molecule has 1 heterocycles. The molecule has 2 atom stereocenters. The number of hydrogen-bond acceptors (Lipinski definition) is 3. The van der Waals surface area contributed by atoms with E-state index in [0.717, 1.165) is 25.4 Å². The standard InChI is InChI=1S/C15H25NO3/c1-2-19-15(18)8-7-14(17)16-10-9-12-5-3-4-6-13(12)11-16/h12-13H,2-11H2,1H3/t12-,13-/m0/s1. The van der Waals surface area contributed by atoms with Crippen molar-refractivity contribution in [2.24, 2.45) is 11.8 Å². The third-order valence-corrected chi connectivity index (χ3v) is 4.49. The van der Waals surface area contributed by atoms with Crippen molar-refractivity contribution >= 4 is 11.9 Å². The summed E-state index contributed by atoms with van der Waals surface area (Å²) in [7, 11) is 0. The minimum absolute atomic E-state index is 0.122. The van der Waals surface area contributed by atoms with Gasteiger partial charge in [-0.2, -0.15) is 0 Å². The normalized spacial score (nSPS) is 26.7. The predicted octanol–water partition coefficient (Wildman–Crippen LogP) is 2.37. The molecule has 1 aliphatic heterocycles. The van der Waals surface area contributed by atoms with E-state index in [0.29, 0.717) is 18.9 Å². The Labute approximate surface area is 115 Å². The number of amides is 1. The Kier molecular flexibility index (Phi) is 5.23. The Morgan fingerprint density at radius 2 is 1.84 bits per heavy atom. The summed E-state index contributed by atoms with van der Waals surface area (Å²) in [5.41, 5.74) is 0. The van der Waals surface area contributed by atoms with Crippen LogP contribution >= 0.6 is 0 Å². The minimum Gasteiger partial charge on any atom is -0.466 e. The van der Waals surface area contributed by atoms with E-state index in [9.17, 15) is 9.59 Å². The highest BCUT2D eigenvalue weighted by Crippen LogP contribution is 2.36. The molecule has 0 radical (unpaired) electrons. The lowest BCUT2D eigenvalue weighted by molar-refractivity contribution is -0.146. The van der Waals surface area contributed by atoms with Gasteiger partial charge in [-0.15, -0.1) is 0 Å². The summed E-state index contributed by atoms with van der Waals surface area (Å²) in [5.74, 6) is 1.40. The summed E-state index contributed by atoms with van der Waals surface area (Å²) < 4.78 is 4.86. The van der Waals surface area contributed by atoms with Crippen LogP contribution in [0.15, 0.2) is 0 Å². The number of likely N-dealkylation sites (tertiary alicyclic amines) is 1. The molecule has 0 aromatic heterocycles. The summed E-state index contributed by atoms with van der Waals surface area (Å²) in [4.78, 5) is 25.3. The number of esters is 1. The number of fused-ring (bicyclic) bond motifs is 1. The molecule has 0 aromatic rings. The number of carbonyl (C=O) groups excluding carboxylic acids is 2. The molecule has 0 N–H and O–H groups in total. The fraction of sp³-hybridized carbons (Fsp3) is 0.867. The summed E-state index contributed by atoms with van der Waals surface area (Å²) in [6.07, 6.45) is 6.95. The third kappa shape index (κ3) is 3.95. The lowest BCUT2D eigenvalue weighted by Crippen LogP contribution is -2.44. The van der Waals surface area contributed by atoms with Crippen molar-refractivity contribution in [1.82, 2.24) is 4.90 Å². The second-order valence-corrected chi connectivity index (χ2v) is 5.74. The lowest BCUT2D eigenvalue weighted by Gasteiger charge is -2.41. The first-order valence-corrected chi connectivity index (χ1v) is 7.64. The molecule has 2 fully saturated rings. The van der Waals surface area contributed by atoms with Gasteiger partial charge in [0.05, 0.1) is 13.0 Å². The van der Waals surface area contributed by atoms with Crippen LogP contribution in [0.25, 0.3) is 0 Å². The van der Waals surface area contributed by atoms with Gasteiger partial charge in [-0.3, -0.25) is 9.59 Å². The molecule has 1 saturated carbocycles. The van der Waals surface area contributed by atoms with Crippen molar-refractivity contribution in [2.75, 3.05) is 19.7 Å². The molecule has 2 rings (SSSR count). The van der Waals surface area contributed by atoms with E-state index in [1.165, 1.54) is 25.7 Å². The van der Waals surface area contributed by atoms with Crippen molar-refractivity contribution < 1.29 is 14.3 Å². The molecule has 1 saturated heterocycles. The summed E-state index contributed by atoms with van der Waals surface area (Å²) in [6, 6.07) is 0. The average Bonchev–Trinajstić information content (AvgIpc) is 2.44. The lowest BCUT2D eigenvalue weighted by atomic mass is 9.75. The second-order valence-electron chi connectivity index (χ2n) is 5.74. The van der Waals surface area contributed by atoms with Crippen molar-refractivity contribution in [2.45, 2.75) is 51.9 Å². The Balaban J connectivity index is 1.75. The van der Waals surface area contributed by atoms with Crippen LogP contribution in [0.2, 0.25) is 0 Å². The molecule has 108 valence electrons. The van der Waals surface area contributed by atoms with E-state index in [4.69, 9.17) is 4.74 Å². The largest absolute Gasteiger partial charge is 0.466 e. The molecule has 1 amide bonds. The number of hydrogen-bond donors (Lipinski definition) is 0. The molecule has 0 bridgehead atoms. The highest BCUT2D eigenvalue weighted by atomic mass is 16.5. The van der Waals surface area contributed by atoms with Crippen LogP contribution in [0, 0.1) is 11.8 Å². The van der Waals surface area contributed by atoms with E-state index >= 15 is 0 Å². The van der Waals surface area contributed by atoms with Crippen molar-refractivity contribution in [3.63, 3.8) is 0 Å². The van der Waals surface area contributed by atoms with Crippen molar-refractivity contribution in [3.05, 3.63) is 0 Å². The van der Waals surface area contributed by atoms with Crippen LogP contribution in [0.1, 0.15) is 51.9 Å². The summed E-state index contributed by atoms with van der Waals surface area (Å²) in [6.45, 7) is 3.96. The summed E-state index contributed by atoms with van der Waals surface area (Å²) >= 11 is 0. The molecule has 19 heavy (non-hydrogen) atoms. The molecule has 1 aliphatic carbocycles. The third-order valence-electron chi connectivity index (χ3n) is 4.49. The monoisotopic (exact) mass is 267 g/mol. The molecule has 4 heteroatoms. The molecule has 0 unspecified atom stereocenters. The quantitative estimate of drug-likeness (QED) is 0.735. The van der Waals surface area contributed by atoms with Crippen LogP contribution < -0.4 is 0 Å². The van der Waals surface area contributed by atoms with Gasteiger partial charge >= 0.3 is 5.97 Å². The molecular weight excluding hydrogens is 242 g/mol. The average molecular weight is 267 g/mol. The van der Waals surface area contributed by atoms with Gasteiger partial charge in [-0.1, -0.05) is 19.3 Å². The Morgan fingerprint density at radius 3 is 2.58 bits per heavy atom. The highest BCUT2D eigenvalue weighted by Gasteiger charge is 2.32. The molecule has 2 aliphatic rings. The fourth-order valence-electron chi connectivity index (χ4n) is 3.43. The zero-order valence-corrected chi connectivity index (χ0v) is 11.9. The molecule has 4 nitrogen and oxygen atoms in total. The zero-order valence-electron chi connectivity index (χ0n) is 11.9. The van der Waals surface area contributed by atoms with Crippen LogP contribution in [0.5, 0.6) is 0 Å². The van der Waals surface area contributed by atoms with E-state index in [2.05, 4.69) is 0 Å². The van der Waals surface area contributed by atoms with Gasteiger partial charge in [0, 0.05) is 19.5 Å². The SMILES string of the molecule is CCOC(=O)CCC(=O)N1CC[C@@H]2CCCC[C@H]2C1. The first-order valence-electron chi connectivity index (χ1n) is 7.64. The Morgan fingerprint density at radius 1 is 1.11 bits per heavy atom. The maximum Gasteiger partial charge on any atom is 0.306 e. The van der Waals surface area contributed by atoms with Gasteiger partial charge < -0.3 is 9.64 Å². The number of carbonyl (C=O) groups is 2. The van der Waals surface area contributed by atoms with Crippen molar-refractivity contribution in [1.29, 1.82) is 0 Å². The Bertz CT molecular complexity index is 329. The van der Waals surface area contributed by atoms with Crippen LogP contribution in [0.3, 0.4) is 0 Å². The van der Waals surface area contributed by atoms with Gasteiger partial charge in [0.1, 0.15) is 0 Å². The fourth-order valence-corrected chi connectivity index (χ4v) is 3.43. The highest BCUT2D eigenvalue weighted by molar-refractivity contribution is 5.81. The second kappa shape index (κ2) is 6.92. The molecular formula is C15H25NO3. The smallest absolute Gasteiger partial charge is 0.306 e. The first-order chi connectivity index (χ1) is 9.20. The van der Waals surface area contributed by atoms with E-state index in [1.54, 1.807) is 6.92 Å². The zero-order chi connectivity index (χ0) is 13.7. The van der Waals surface area contributed by atoms with Gasteiger partial charge in [-0.25, -0.2) is 0 Å². The van der Waals surface area contributed by atoms with Gasteiger partial charge in [-0.05, 0) is 31.6 Å². The number of piperidine rings is 1. The predicted molar refractivity (Wildman–Crippen MR) is 72.5 cm³/mol. The van der Waals surface area contributed by atoms with Crippen molar-refractivity contribution in [3.8, 4) is 0 Å². The van der Waals surface area contributed by atoms with Crippen LogP contribution in [-0.4, -0.2) is 36.5 Å². The minimum atomic E-state index is -0.261.